The molecule has 394 valence electrons. The molecule has 0 aromatic rings. The summed E-state index contributed by atoms with van der Waals surface area (Å²) in [5.74, 6) is -0.441. The Labute approximate surface area is 413 Å². The first-order valence-electron chi connectivity index (χ1n) is 25.8. The van der Waals surface area contributed by atoms with Crippen molar-refractivity contribution in [1.82, 2.24) is 0 Å². The van der Waals surface area contributed by atoms with Crippen LogP contribution in [0.15, 0.2) is 97.2 Å². The predicted molar refractivity (Wildman–Crippen MR) is 270 cm³/mol. The molecule has 2 heterocycles. The lowest BCUT2D eigenvalue weighted by atomic mass is 9.98. The molecular weight excluding hydrogens is 885 g/mol. The van der Waals surface area contributed by atoms with E-state index in [0.29, 0.717) is 19.4 Å². The first-order valence-corrected chi connectivity index (χ1v) is 25.8. The third-order valence-electron chi connectivity index (χ3n) is 11.6. The first-order chi connectivity index (χ1) is 33.6. The number of hydrogen-bond acceptors (Lipinski definition) is 14. The van der Waals surface area contributed by atoms with E-state index in [2.05, 4.69) is 105 Å². The van der Waals surface area contributed by atoms with Crippen LogP contribution >= 0.6 is 0 Å². The van der Waals surface area contributed by atoms with Crippen molar-refractivity contribution in [3.05, 3.63) is 97.2 Å². The van der Waals surface area contributed by atoms with E-state index in [4.69, 9.17) is 28.4 Å². The standard InChI is InChI=1S/C55H90O14/c1-3-5-7-9-11-13-15-17-18-19-20-21-22-23-24-25-26-27-28-30-32-34-36-38-47(57)67-44(41-64-39-37-35-33-31-29-16-14-12-10-8-6-4-2)42-65-54-53(63)51(61)49(59)46(69-54)43-66-55-52(62)50(60)48(58)45(40-56)68-55/h5,7,10-13,17-18,20-21,23-24,26-27,30,32,44-46,48-56,58-63H,3-4,6,8-9,14-16,19,22,25,28-29,31,33-43H2,1-2H3/b7-5-,12-10-,13-11-,18-17-,21-20-,24-23-,27-26-,32-30-. The van der Waals surface area contributed by atoms with Crippen molar-refractivity contribution in [3.8, 4) is 0 Å². The summed E-state index contributed by atoms with van der Waals surface area (Å²) in [5, 5.41) is 72.1. The molecule has 2 saturated heterocycles. The molecule has 2 fully saturated rings. The van der Waals surface area contributed by atoms with Gasteiger partial charge in [0.1, 0.15) is 54.9 Å². The lowest BCUT2D eigenvalue weighted by Gasteiger charge is -2.42. The van der Waals surface area contributed by atoms with Gasteiger partial charge in [-0.15, -0.1) is 0 Å². The van der Waals surface area contributed by atoms with Crippen LogP contribution in [0.3, 0.4) is 0 Å². The van der Waals surface area contributed by atoms with E-state index in [1.807, 2.05) is 6.08 Å². The van der Waals surface area contributed by atoms with Crippen molar-refractivity contribution >= 4 is 5.97 Å². The summed E-state index contributed by atoms with van der Waals surface area (Å²) in [6.45, 7) is 3.41. The summed E-state index contributed by atoms with van der Waals surface area (Å²) in [6, 6.07) is 0. The highest BCUT2D eigenvalue weighted by Crippen LogP contribution is 2.26. The van der Waals surface area contributed by atoms with Crippen LogP contribution < -0.4 is 0 Å². The summed E-state index contributed by atoms with van der Waals surface area (Å²) in [6.07, 6.45) is 37.6. The molecule has 11 unspecified atom stereocenters. The Bertz CT molecular complexity index is 1500. The van der Waals surface area contributed by atoms with Crippen molar-refractivity contribution in [2.24, 2.45) is 0 Å². The lowest BCUT2D eigenvalue weighted by Crippen LogP contribution is -2.61. The fraction of sp³-hybridized carbons (Fsp3) is 0.691. The molecule has 0 bridgehead atoms. The Morgan fingerprint density at radius 2 is 0.942 bits per heavy atom. The van der Waals surface area contributed by atoms with E-state index in [1.54, 1.807) is 0 Å². The molecule has 0 spiro atoms. The van der Waals surface area contributed by atoms with Gasteiger partial charge in [0.2, 0.25) is 0 Å². The van der Waals surface area contributed by atoms with Gasteiger partial charge in [-0.25, -0.2) is 0 Å². The maximum atomic E-state index is 13.0. The molecule has 69 heavy (non-hydrogen) atoms. The van der Waals surface area contributed by atoms with Gasteiger partial charge in [-0.2, -0.15) is 0 Å². The third kappa shape index (κ3) is 29.1. The van der Waals surface area contributed by atoms with Crippen LogP contribution in [0.2, 0.25) is 0 Å². The number of allylic oxidation sites excluding steroid dienone is 16. The minimum absolute atomic E-state index is 0.0274. The Morgan fingerprint density at radius 3 is 1.49 bits per heavy atom. The van der Waals surface area contributed by atoms with Gasteiger partial charge in [-0.05, 0) is 83.5 Å². The number of carbonyl (C=O) groups is 1. The van der Waals surface area contributed by atoms with Crippen LogP contribution in [0.4, 0.5) is 0 Å². The van der Waals surface area contributed by atoms with E-state index in [-0.39, 0.29) is 19.6 Å². The third-order valence-corrected chi connectivity index (χ3v) is 11.6. The monoisotopic (exact) mass is 975 g/mol. The highest BCUT2D eigenvalue weighted by Gasteiger charge is 2.47. The van der Waals surface area contributed by atoms with E-state index in [9.17, 15) is 40.5 Å². The largest absolute Gasteiger partial charge is 0.457 e. The van der Waals surface area contributed by atoms with Crippen LogP contribution in [0.1, 0.15) is 142 Å². The Hall–Kier alpha value is -3.09. The van der Waals surface area contributed by atoms with E-state index >= 15 is 0 Å². The van der Waals surface area contributed by atoms with Crippen molar-refractivity contribution < 1.29 is 69.0 Å². The number of aliphatic hydroxyl groups is 7. The zero-order valence-corrected chi connectivity index (χ0v) is 41.8. The maximum absolute atomic E-state index is 13.0. The van der Waals surface area contributed by atoms with E-state index in [0.717, 1.165) is 83.5 Å². The topological polar surface area (TPSA) is 214 Å². The zero-order chi connectivity index (χ0) is 50.2. The second-order valence-corrected chi connectivity index (χ2v) is 17.6. The van der Waals surface area contributed by atoms with Crippen molar-refractivity contribution in [2.45, 2.75) is 210 Å². The number of aliphatic hydroxyl groups excluding tert-OH is 7. The lowest BCUT2D eigenvalue weighted by molar-refractivity contribution is -0.332. The van der Waals surface area contributed by atoms with Gasteiger partial charge < -0.3 is 64.2 Å². The molecule has 2 aliphatic rings. The van der Waals surface area contributed by atoms with Crippen LogP contribution in [0, 0.1) is 0 Å². The molecule has 0 radical (unpaired) electrons. The average Bonchev–Trinajstić information content (AvgIpc) is 3.35. The first kappa shape index (κ1) is 62.0. The summed E-state index contributed by atoms with van der Waals surface area (Å²) in [7, 11) is 0. The fourth-order valence-corrected chi connectivity index (χ4v) is 7.37. The number of esters is 1. The van der Waals surface area contributed by atoms with Crippen LogP contribution in [-0.2, 0) is 33.2 Å². The molecule has 0 amide bonds. The molecular formula is C55H90O14. The predicted octanol–water partition coefficient (Wildman–Crippen LogP) is 7.85. The number of hydrogen-bond donors (Lipinski definition) is 7. The number of ether oxygens (including phenoxy) is 6. The maximum Gasteiger partial charge on any atom is 0.306 e. The molecule has 2 rings (SSSR count). The molecule has 14 nitrogen and oxygen atoms in total. The van der Waals surface area contributed by atoms with Gasteiger partial charge in [0.05, 0.1) is 26.4 Å². The average molecular weight is 975 g/mol. The fourth-order valence-electron chi connectivity index (χ4n) is 7.37. The van der Waals surface area contributed by atoms with Gasteiger partial charge in [0.15, 0.2) is 12.6 Å². The van der Waals surface area contributed by atoms with Crippen LogP contribution in [0.5, 0.6) is 0 Å². The van der Waals surface area contributed by atoms with Gasteiger partial charge in [0.25, 0.3) is 0 Å². The Balaban J connectivity index is 1.79. The molecule has 0 aromatic heterocycles. The summed E-state index contributed by atoms with van der Waals surface area (Å²) >= 11 is 0. The normalized spacial score (nSPS) is 26.5. The van der Waals surface area contributed by atoms with Crippen molar-refractivity contribution in [2.75, 3.05) is 33.0 Å². The van der Waals surface area contributed by atoms with Crippen molar-refractivity contribution in [1.29, 1.82) is 0 Å². The molecule has 0 saturated carbocycles. The summed E-state index contributed by atoms with van der Waals surface area (Å²) in [4.78, 5) is 13.0. The Morgan fingerprint density at radius 1 is 0.493 bits per heavy atom. The van der Waals surface area contributed by atoms with Crippen molar-refractivity contribution in [3.63, 3.8) is 0 Å². The van der Waals surface area contributed by atoms with Gasteiger partial charge in [-0.1, -0.05) is 150 Å². The van der Waals surface area contributed by atoms with Gasteiger partial charge in [0, 0.05) is 13.0 Å². The molecule has 2 aliphatic heterocycles. The second kappa shape index (κ2) is 41.5. The molecule has 11 atom stereocenters. The molecule has 7 N–H and O–H groups in total. The number of rotatable bonds is 39. The Kier molecular flexibility index (Phi) is 37.3. The van der Waals surface area contributed by atoms with Crippen LogP contribution in [-0.4, -0.2) is 142 Å². The van der Waals surface area contributed by atoms with Crippen LogP contribution in [0.25, 0.3) is 0 Å². The number of unbranched alkanes of at least 4 members (excludes halogenated alkanes) is 9. The minimum atomic E-state index is -1.72. The SMILES string of the molecule is CC/C=C\C/C=C\C/C=C\C/C=C\C/C=C\C/C=C\C/C=C\CCCC(=O)OC(COCCCCCCCC/C=C\CCCC)COC1OC(COC2OC(CO)C(O)C(O)C2O)C(O)C(O)C1O. The molecule has 0 aromatic carbocycles. The van der Waals surface area contributed by atoms with Gasteiger partial charge >= 0.3 is 5.97 Å². The molecule has 0 aliphatic carbocycles. The smallest absolute Gasteiger partial charge is 0.306 e. The van der Waals surface area contributed by atoms with E-state index in [1.165, 1.54) is 25.7 Å². The molecule has 14 heteroatoms. The van der Waals surface area contributed by atoms with Gasteiger partial charge in [-0.3, -0.25) is 4.79 Å². The van der Waals surface area contributed by atoms with E-state index < -0.39 is 86.7 Å². The highest BCUT2D eigenvalue weighted by atomic mass is 16.7. The summed E-state index contributed by atoms with van der Waals surface area (Å²) in [5.41, 5.74) is 0. The minimum Gasteiger partial charge on any atom is -0.457 e. The summed E-state index contributed by atoms with van der Waals surface area (Å²) < 4.78 is 34.2. The second-order valence-electron chi connectivity index (χ2n) is 17.6. The highest BCUT2D eigenvalue weighted by molar-refractivity contribution is 5.69. The quantitative estimate of drug-likeness (QED) is 0.0178. The zero-order valence-electron chi connectivity index (χ0n) is 41.8. The number of carbonyl (C=O) groups excluding carboxylic acids is 1.